The lowest BCUT2D eigenvalue weighted by molar-refractivity contribution is 0.00921. The first kappa shape index (κ1) is 19.1. The van der Waals surface area contributed by atoms with Gasteiger partial charge in [0.1, 0.15) is 0 Å². The average molecular weight is 365 g/mol. The summed E-state index contributed by atoms with van der Waals surface area (Å²) in [6.07, 6.45) is 11.0. The molecule has 4 aliphatic rings. The molecule has 0 bridgehead atoms. The number of hydrogen-bond acceptors (Lipinski definition) is 5. The van der Waals surface area contributed by atoms with Crippen molar-refractivity contribution in [3.63, 3.8) is 0 Å². The maximum absolute atomic E-state index is 5.76. The van der Waals surface area contributed by atoms with E-state index < -0.39 is 0 Å². The smallest absolute Gasteiger partial charge is 0.0623 e. The largest absolute Gasteiger partial charge is 0.379 e. The first-order chi connectivity index (χ1) is 12.8. The Morgan fingerprint density at radius 3 is 2.58 bits per heavy atom. The maximum Gasteiger partial charge on any atom is 0.0623 e. The zero-order valence-electron chi connectivity index (χ0n) is 16.8. The third-order valence-electron chi connectivity index (χ3n) is 7.67. The number of nitrogens with zero attached hydrogens (tertiary/aromatic N) is 2. The minimum Gasteiger partial charge on any atom is -0.379 e. The first-order valence-corrected chi connectivity index (χ1v) is 11.2. The van der Waals surface area contributed by atoms with Crippen molar-refractivity contribution in [3.05, 3.63) is 0 Å². The quantitative estimate of drug-likeness (QED) is 0.777. The molecule has 26 heavy (non-hydrogen) atoms. The molecule has 150 valence electrons. The monoisotopic (exact) mass is 364 g/mol. The summed E-state index contributed by atoms with van der Waals surface area (Å²) >= 11 is 0. The van der Waals surface area contributed by atoms with Crippen LogP contribution in [0.15, 0.2) is 0 Å². The maximum atomic E-state index is 5.76. The molecule has 3 saturated heterocycles. The van der Waals surface area contributed by atoms with E-state index in [1.165, 1.54) is 84.1 Å². The van der Waals surface area contributed by atoms with Gasteiger partial charge in [-0.2, -0.15) is 0 Å². The highest BCUT2D eigenvalue weighted by Crippen LogP contribution is 2.33. The number of hydrogen-bond donors (Lipinski definition) is 2. The molecule has 0 spiro atoms. The SMILES string of the molecule is CN1CCC(CNC2CCCC2C2COCCN2)(N2CCCCC2)CC1. The van der Waals surface area contributed by atoms with Gasteiger partial charge >= 0.3 is 0 Å². The van der Waals surface area contributed by atoms with E-state index >= 15 is 0 Å². The van der Waals surface area contributed by atoms with Crippen LogP contribution in [0.3, 0.4) is 0 Å². The molecule has 3 aliphatic heterocycles. The molecule has 1 saturated carbocycles. The van der Waals surface area contributed by atoms with Crippen molar-refractivity contribution < 1.29 is 4.74 Å². The molecule has 0 aromatic rings. The van der Waals surface area contributed by atoms with Gasteiger partial charge in [0.2, 0.25) is 0 Å². The second kappa shape index (κ2) is 8.87. The summed E-state index contributed by atoms with van der Waals surface area (Å²) < 4.78 is 5.76. The summed E-state index contributed by atoms with van der Waals surface area (Å²) in [5, 5.41) is 7.82. The third kappa shape index (κ3) is 4.27. The summed E-state index contributed by atoms with van der Waals surface area (Å²) in [6, 6.07) is 1.24. The van der Waals surface area contributed by atoms with Crippen LogP contribution in [-0.4, -0.2) is 87.0 Å². The fourth-order valence-corrected chi connectivity index (χ4v) is 5.91. The van der Waals surface area contributed by atoms with Crippen LogP contribution in [-0.2, 0) is 4.74 Å². The highest BCUT2D eigenvalue weighted by molar-refractivity contribution is 5.00. The zero-order valence-corrected chi connectivity index (χ0v) is 16.8. The van der Waals surface area contributed by atoms with Crippen LogP contribution >= 0.6 is 0 Å². The Hall–Kier alpha value is -0.200. The summed E-state index contributed by atoms with van der Waals surface area (Å²) in [6.45, 7) is 9.15. The Labute approximate surface area is 160 Å². The molecule has 0 amide bonds. The van der Waals surface area contributed by atoms with E-state index in [2.05, 4.69) is 27.5 Å². The lowest BCUT2D eigenvalue weighted by Gasteiger charge is -2.50. The van der Waals surface area contributed by atoms with Gasteiger partial charge in [-0.1, -0.05) is 12.8 Å². The Morgan fingerprint density at radius 2 is 1.85 bits per heavy atom. The lowest BCUT2D eigenvalue weighted by atomic mass is 9.83. The first-order valence-electron chi connectivity index (χ1n) is 11.2. The molecule has 5 nitrogen and oxygen atoms in total. The van der Waals surface area contributed by atoms with E-state index in [9.17, 15) is 0 Å². The predicted octanol–water partition coefficient (Wildman–Crippen LogP) is 1.68. The number of likely N-dealkylation sites (tertiary alicyclic amines) is 2. The van der Waals surface area contributed by atoms with Crippen molar-refractivity contribution in [2.24, 2.45) is 5.92 Å². The van der Waals surface area contributed by atoms with Gasteiger partial charge in [-0.25, -0.2) is 0 Å². The van der Waals surface area contributed by atoms with Crippen LogP contribution in [0.1, 0.15) is 51.4 Å². The molecule has 4 rings (SSSR count). The highest BCUT2D eigenvalue weighted by Gasteiger charge is 2.41. The molecule has 0 radical (unpaired) electrons. The minimum atomic E-state index is 0.399. The molecule has 4 fully saturated rings. The highest BCUT2D eigenvalue weighted by atomic mass is 16.5. The Morgan fingerprint density at radius 1 is 1.04 bits per heavy atom. The van der Waals surface area contributed by atoms with Crippen LogP contribution in [0.4, 0.5) is 0 Å². The fourth-order valence-electron chi connectivity index (χ4n) is 5.91. The van der Waals surface area contributed by atoms with Gasteiger partial charge in [-0.15, -0.1) is 0 Å². The van der Waals surface area contributed by atoms with Crippen molar-refractivity contribution in [2.45, 2.75) is 69.0 Å². The van der Waals surface area contributed by atoms with Crippen molar-refractivity contribution in [3.8, 4) is 0 Å². The van der Waals surface area contributed by atoms with E-state index in [1.54, 1.807) is 0 Å². The van der Waals surface area contributed by atoms with Crippen LogP contribution in [0.2, 0.25) is 0 Å². The van der Waals surface area contributed by atoms with Crippen molar-refractivity contribution in [1.82, 2.24) is 20.4 Å². The average Bonchev–Trinajstić information content (AvgIpc) is 3.18. The third-order valence-corrected chi connectivity index (χ3v) is 7.67. The molecule has 1 aliphatic carbocycles. The van der Waals surface area contributed by atoms with Gasteiger partial charge in [0, 0.05) is 30.7 Å². The number of morpholine rings is 1. The fraction of sp³-hybridized carbons (Fsp3) is 1.00. The molecule has 2 N–H and O–H groups in total. The van der Waals surface area contributed by atoms with Gasteiger partial charge in [0.15, 0.2) is 0 Å². The van der Waals surface area contributed by atoms with Gasteiger partial charge in [-0.3, -0.25) is 4.90 Å². The number of rotatable bonds is 5. The van der Waals surface area contributed by atoms with Crippen LogP contribution in [0, 0.1) is 5.92 Å². The normalized spacial score (nSPS) is 37.0. The molecular formula is C21H40N4O. The van der Waals surface area contributed by atoms with Crippen LogP contribution < -0.4 is 10.6 Å². The summed E-state index contributed by atoms with van der Waals surface area (Å²) in [5.41, 5.74) is 0.399. The van der Waals surface area contributed by atoms with Crippen molar-refractivity contribution in [1.29, 1.82) is 0 Å². The number of piperidine rings is 2. The lowest BCUT2D eigenvalue weighted by Crippen LogP contribution is -2.62. The van der Waals surface area contributed by atoms with E-state index in [-0.39, 0.29) is 0 Å². The summed E-state index contributed by atoms with van der Waals surface area (Å²) in [7, 11) is 2.29. The summed E-state index contributed by atoms with van der Waals surface area (Å²) in [5.74, 6) is 0.750. The van der Waals surface area contributed by atoms with Crippen molar-refractivity contribution in [2.75, 3.05) is 59.5 Å². The summed E-state index contributed by atoms with van der Waals surface area (Å²) in [4.78, 5) is 5.38. The Bertz CT molecular complexity index is 426. The Balaban J connectivity index is 1.39. The Kier molecular flexibility index (Phi) is 6.53. The van der Waals surface area contributed by atoms with Gasteiger partial charge < -0.3 is 20.3 Å². The second-order valence-corrected chi connectivity index (χ2v) is 9.29. The second-order valence-electron chi connectivity index (χ2n) is 9.29. The van der Waals surface area contributed by atoms with Gasteiger partial charge in [0.25, 0.3) is 0 Å². The molecular weight excluding hydrogens is 324 g/mol. The van der Waals surface area contributed by atoms with Gasteiger partial charge in [-0.05, 0) is 77.7 Å². The molecule has 0 aromatic heterocycles. The molecule has 5 heteroatoms. The molecule has 3 unspecified atom stereocenters. The van der Waals surface area contributed by atoms with E-state index in [0.717, 1.165) is 25.7 Å². The van der Waals surface area contributed by atoms with E-state index in [0.29, 0.717) is 17.6 Å². The van der Waals surface area contributed by atoms with Crippen LogP contribution in [0.5, 0.6) is 0 Å². The van der Waals surface area contributed by atoms with E-state index in [1.807, 2.05) is 0 Å². The predicted molar refractivity (Wildman–Crippen MR) is 107 cm³/mol. The number of nitrogens with one attached hydrogen (secondary N) is 2. The van der Waals surface area contributed by atoms with Crippen molar-refractivity contribution >= 4 is 0 Å². The zero-order chi connectivity index (χ0) is 17.8. The molecule has 3 atom stereocenters. The van der Waals surface area contributed by atoms with Crippen LogP contribution in [0.25, 0.3) is 0 Å². The molecule has 0 aromatic carbocycles. The topological polar surface area (TPSA) is 39.8 Å². The minimum absolute atomic E-state index is 0.399. The van der Waals surface area contributed by atoms with Gasteiger partial charge in [0.05, 0.1) is 13.2 Å². The standard InChI is InChI=1S/C21H40N4O/c1-24-13-8-21(9-14-24,25-11-3-2-4-12-25)17-23-19-7-5-6-18(19)20-16-26-15-10-22-20/h18-20,22-23H,2-17H2,1H3. The molecule has 3 heterocycles. The number of ether oxygens (including phenoxy) is 1. The van der Waals surface area contributed by atoms with E-state index in [4.69, 9.17) is 4.74 Å².